The minimum Gasteiger partial charge on any atom is -0.494 e. The third-order valence-corrected chi connectivity index (χ3v) is 11.0. The van der Waals surface area contributed by atoms with Crippen molar-refractivity contribution in [1.82, 2.24) is 30.4 Å². The Bertz CT molecular complexity index is 1910. The van der Waals surface area contributed by atoms with Gasteiger partial charge in [0.1, 0.15) is 17.8 Å². The fraction of sp³-hybridized carbons (Fsp3) is 0.455. The van der Waals surface area contributed by atoms with Gasteiger partial charge in [0.05, 0.1) is 17.9 Å². The van der Waals surface area contributed by atoms with Crippen molar-refractivity contribution in [3.63, 3.8) is 0 Å². The number of amides is 3. The van der Waals surface area contributed by atoms with Gasteiger partial charge < -0.3 is 30.3 Å². The number of thiophene rings is 1. The molecular formula is C44H58N6O6S. The van der Waals surface area contributed by atoms with Crippen molar-refractivity contribution < 1.29 is 29.0 Å². The topological polar surface area (TPSA) is 154 Å². The van der Waals surface area contributed by atoms with E-state index in [1.165, 1.54) is 41.9 Å². The Balaban J connectivity index is 1.45. The van der Waals surface area contributed by atoms with Gasteiger partial charge in [-0.1, -0.05) is 89.8 Å². The van der Waals surface area contributed by atoms with E-state index in [1.54, 1.807) is 25.5 Å². The minimum atomic E-state index is -1.49. The number of carbonyl (C=O) groups is 4. The second kappa shape index (κ2) is 21.4. The lowest BCUT2D eigenvalue weighted by molar-refractivity contribution is -0.145. The van der Waals surface area contributed by atoms with E-state index in [2.05, 4.69) is 48.3 Å². The molecular weight excluding hydrogens is 741 g/mol. The molecule has 2 aromatic carbocycles. The fourth-order valence-electron chi connectivity index (χ4n) is 5.87. The molecule has 0 fully saturated rings. The number of likely N-dealkylation sites (N-methyl/N-ethyl adjacent to an activating group) is 2. The van der Waals surface area contributed by atoms with Gasteiger partial charge in [-0.25, -0.2) is 14.8 Å². The van der Waals surface area contributed by atoms with Crippen LogP contribution in [-0.4, -0.2) is 101 Å². The highest BCUT2D eigenvalue weighted by Gasteiger charge is 2.30. The molecule has 0 saturated carbocycles. The third kappa shape index (κ3) is 14.1. The molecule has 0 unspecified atom stereocenters. The maximum Gasteiger partial charge on any atom is 0.326 e. The van der Waals surface area contributed by atoms with Crippen molar-refractivity contribution in [2.45, 2.75) is 90.1 Å². The molecule has 57 heavy (non-hydrogen) atoms. The number of aromatic nitrogens is 2. The van der Waals surface area contributed by atoms with E-state index in [4.69, 9.17) is 4.74 Å². The highest BCUT2D eigenvalue weighted by Crippen LogP contribution is 2.30. The van der Waals surface area contributed by atoms with Crippen LogP contribution in [0.5, 0.6) is 5.75 Å². The molecule has 2 aromatic heterocycles. The standard InChI is InChI=1S/C44H58N6O6S/c1-8-9-10-11-12-25-56-34-19-17-31(18-20-34)33-28-45-40(46-29-33)32-15-13-30(14-16-32)26-35(47-42(53)37-21-22-38(57-37)44(2,3)4)41(52)48-36(43(54)55)27-39(51)50(7)24-23-49(5)6/h13-22,28-29,35-36H,8-12,23-27H2,1-7H3,(H,47,53)(H,48,52)(H,54,55)/t35-,36-/m0/s1. The number of hydrogen-bond donors (Lipinski definition) is 3. The van der Waals surface area contributed by atoms with Crippen molar-refractivity contribution in [3.05, 3.63) is 88.4 Å². The maximum atomic E-state index is 13.8. The lowest BCUT2D eigenvalue weighted by Crippen LogP contribution is -2.53. The molecule has 0 saturated heterocycles. The minimum absolute atomic E-state index is 0.0662. The van der Waals surface area contributed by atoms with Crippen molar-refractivity contribution >= 4 is 35.0 Å². The number of carboxylic acid groups (broad SMARTS) is 1. The Morgan fingerprint density at radius 3 is 2.04 bits per heavy atom. The van der Waals surface area contributed by atoms with Crippen LogP contribution in [0.15, 0.2) is 73.1 Å². The first-order valence-electron chi connectivity index (χ1n) is 19.6. The number of nitrogens with zero attached hydrogens (tertiary/aromatic N) is 4. The summed E-state index contributed by atoms with van der Waals surface area (Å²) in [6.45, 7) is 10.1. The van der Waals surface area contributed by atoms with Crippen LogP contribution < -0.4 is 15.4 Å². The maximum absolute atomic E-state index is 13.8. The molecule has 306 valence electrons. The molecule has 0 spiro atoms. The number of aliphatic carboxylic acids is 1. The highest BCUT2D eigenvalue weighted by molar-refractivity contribution is 7.14. The van der Waals surface area contributed by atoms with E-state index in [0.29, 0.717) is 36.0 Å². The molecule has 0 aliphatic carbocycles. The summed E-state index contributed by atoms with van der Waals surface area (Å²) in [7, 11) is 5.34. The average molecular weight is 799 g/mol. The Morgan fingerprint density at radius 1 is 0.789 bits per heavy atom. The van der Waals surface area contributed by atoms with Crippen LogP contribution in [-0.2, 0) is 26.2 Å². The zero-order chi connectivity index (χ0) is 41.5. The molecule has 3 amide bonds. The molecule has 2 heterocycles. The lowest BCUT2D eigenvalue weighted by atomic mass is 9.95. The number of carbonyl (C=O) groups excluding carboxylic acids is 3. The Morgan fingerprint density at radius 2 is 1.44 bits per heavy atom. The predicted octanol–water partition coefficient (Wildman–Crippen LogP) is 6.84. The monoisotopic (exact) mass is 798 g/mol. The van der Waals surface area contributed by atoms with Crippen LogP contribution in [0, 0.1) is 0 Å². The van der Waals surface area contributed by atoms with Gasteiger partial charge in [0.25, 0.3) is 5.91 Å². The van der Waals surface area contributed by atoms with E-state index in [1.807, 2.05) is 73.6 Å². The number of ether oxygens (including phenoxy) is 1. The first-order valence-corrected chi connectivity index (χ1v) is 20.4. The molecule has 4 rings (SSSR count). The second-order valence-electron chi connectivity index (χ2n) is 15.6. The Hall–Kier alpha value is -5.14. The zero-order valence-electron chi connectivity index (χ0n) is 34.3. The van der Waals surface area contributed by atoms with Gasteiger partial charge in [0, 0.05) is 55.0 Å². The van der Waals surface area contributed by atoms with Gasteiger partial charge in [-0.05, 0) is 61.3 Å². The smallest absolute Gasteiger partial charge is 0.326 e. The van der Waals surface area contributed by atoms with E-state index < -0.39 is 42.2 Å². The summed E-state index contributed by atoms with van der Waals surface area (Å²) in [6.07, 6.45) is 9.13. The van der Waals surface area contributed by atoms with Gasteiger partial charge >= 0.3 is 5.97 Å². The predicted molar refractivity (Wildman–Crippen MR) is 226 cm³/mol. The fourth-order valence-corrected chi connectivity index (χ4v) is 6.84. The molecule has 12 nitrogen and oxygen atoms in total. The summed E-state index contributed by atoms with van der Waals surface area (Å²) >= 11 is 1.34. The van der Waals surface area contributed by atoms with E-state index in [9.17, 15) is 24.3 Å². The second-order valence-corrected chi connectivity index (χ2v) is 16.7. The van der Waals surface area contributed by atoms with Crippen LogP contribution in [0.4, 0.5) is 0 Å². The SMILES string of the molecule is CCCCCCCOc1ccc(-c2cnc(-c3ccc(C[C@H](NC(=O)c4ccc(C(C)(C)C)s4)C(=O)N[C@@H](CC(=O)N(C)CCN(C)C)C(=O)O)cc3)nc2)cc1. The average Bonchev–Trinajstić information content (AvgIpc) is 3.70. The van der Waals surface area contributed by atoms with Crippen LogP contribution in [0.1, 0.15) is 86.3 Å². The number of benzene rings is 2. The van der Waals surface area contributed by atoms with Gasteiger partial charge in [0.2, 0.25) is 11.8 Å². The van der Waals surface area contributed by atoms with E-state index in [-0.39, 0.29) is 11.8 Å². The lowest BCUT2D eigenvalue weighted by Gasteiger charge is -2.24. The van der Waals surface area contributed by atoms with Crippen LogP contribution in [0.3, 0.4) is 0 Å². The van der Waals surface area contributed by atoms with Crippen molar-refractivity contribution in [2.24, 2.45) is 0 Å². The summed E-state index contributed by atoms with van der Waals surface area (Å²) in [5, 5.41) is 15.3. The first-order chi connectivity index (χ1) is 27.1. The van der Waals surface area contributed by atoms with Crippen molar-refractivity contribution in [1.29, 1.82) is 0 Å². The van der Waals surface area contributed by atoms with Crippen molar-refractivity contribution in [2.75, 3.05) is 40.8 Å². The summed E-state index contributed by atoms with van der Waals surface area (Å²) in [6, 6.07) is 16.2. The van der Waals surface area contributed by atoms with E-state index in [0.717, 1.165) is 33.7 Å². The molecule has 13 heteroatoms. The summed E-state index contributed by atoms with van der Waals surface area (Å²) < 4.78 is 5.90. The first kappa shape index (κ1) is 44.6. The zero-order valence-corrected chi connectivity index (χ0v) is 35.2. The number of carboxylic acids is 1. The van der Waals surface area contributed by atoms with E-state index >= 15 is 0 Å². The molecule has 0 radical (unpaired) electrons. The number of unbranched alkanes of at least 4 members (excludes halogenated alkanes) is 4. The highest BCUT2D eigenvalue weighted by atomic mass is 32.1. The van der Waals surface area contributed by atoms with Gasteiger partial charge in [-0.15, -0.1) is 11.3 Å². The summed E-state index contributed by atoms with van der Waals surface area (Å²) in [5.41, 5.74) is 3.15. The summed E-state index contributed by atoms with van der Waals surface area (Å²) in [4.78, 5) is 66.4. The van der Waals surface area contributed by atoms with Crippen LogP contribution >= 0.6 is 11.3 Å². The van der Waals surface area contributed by atoms with Gasteiger partial charge in [-0.3, -0.25) is 14.4 Å². The molecule has 2 atom stereocenters. The number of rotatable bonds is 21. The quantitative estimate of drug-likeness (QED) is 0.0770. The van der Waals surface area contributed by atoms with Crippen LogP contribution in [0.25, 0.3) is 22.5 Å². The third-order valence-electron chi connectivity index (χ3n) is 9.50. The largest absolute Gasteiger partial charge is 0.494 e. The Kier molecular flexibility index (Phi) is 16.7. The van der Waals surface area contributed by atoms with Gasteiger partial charge in [0.15, 0.2) is 5.82 Å². The number of hydrogen-bond acceptors (Lipinski definition) is 9. The molecule has 0 aliphatic rings. The Labute approximate surface area is 341 Å². The number of nitrogens with one attached hydrogen (secondary N) is 2. The molecule has 3 N–H and O–H groups in total. The van der Waals surface area contributed by atoms with Crippen LogP contribution in [0.2, 0.25) is 0 Å². The van der Waals surface area contributed by atoms with Gasteiger partial charge in [-0.2, -0.15) is 0 Å². The molecule has 0 aliphatic heterocycles. The summed E-state index contributed by atoms with van der Waals surface area (Å²) in [5.74, 6) is -1.57. The molecule has 0 bridgehead atoms. The molecule has 4 aromatic rings. The normalized spacial score (nSPS) is 12.5. The van der Waals surface area contributed by atoms with Crippen molar-refractivity contribution in [3.8, 4) is 28.3 Å².